The van der Waals surface area contributed by atoms with E-state index in [1.54, 1.807) is 24.3 Å². The number of rotatable bonds is 10. The van der Waals surface area contributed by atoms with Gasteiger partial charge in [-0.2, -0.15) is 0 Å². The summed E-state index contributed by atoms with van der Waals surface area (Å²) in [6, 6.07) is 10.2. The van der Waals surface area contributed by atoms with Crippen LogP contribution in [-0.2, 0) is 4.79 Å². The maximum absolute atomic E-state index is 12.7. The van der Waals surface area contributed by atoms with Crippen LogP contribution in [0.5, 0.6) is 17.2 Å². The fraction of sp³-hybridized carbons (Fsp3) is 0.348. The van der Waals surface area contributed by atoms with Gasteiger partial charge in [0.15, 0.2) is 16.6 Å². The van der Waals surface area contributed by atoms with Crippen LogP contribution in [0.2, 0.25) is 0 Å². The number of unbranched alkanes of at least 4 members (excludes halogenated alkanes) is 2. The maximum Gasteiger partial charge on any atom is 0.257 e. The highest BCUT2D eigenvalue weighted by atomic mass is 32.1. The quantitative estimate of drug-likeness (QED) is 0.359. The molecule has 0 fully saturated rings. The third kappa shape index (κ3) is 7.12. The molecule has 8 nitrogen and oxygen atoms in total. The van der Waals surface area contributed by atoms with Crippen molar-refractivity contribution in [3.05, 3.63) is 42.0 Å². The summed E-state index contributed by atoms with van der Waals surface area (Å²) in [6.07, 6.45) is 3.42. The molecule has 0 spiro atoms. The molecule has 32 heavy (non-hydrogen) atoms. The molecule has 0 aliphatic heterocycles. The zero-order valence-electron chi connectivity index (χ0n) is 18.7. The van der Waals surface area contributed by atoms with Gasteiger partial charge in [-0.05, 0) is 49.0 Å². The Hall–Kier alpha value is -3.33. The molecule has 2 aromatic carbocycles. The molecule has 2 amide bonds. The molecule has 0 aliphatic rings. The van der Waals surface area contributed by atoms with Crippen LogP contribution < -0.4 is 30.2 Å². The van der Waals surface area contributed by atoms with Crippen molar-refractivity contribution in [2.24, 2.45) is 0 Å². The van der Waals surface area contributed by atoms with Gasteiger partial charge in [0.25, 0.3) is 5.91 Å². The van der Waals surface area contributed by atoms with Crippen molar-refractivity contribution in [1.82, 2.24) is 5.32 Å². The number of benzene rings is 2. The van der Waals surface area contributed by atoms with Gasteiger partial charge in [-0.3, -0.25) is 14.9 Å². The zero-order valence-corrected chi connectivity index (χ0v) is 19.6. The van der Waals surface area contributed by atoms with Crippen LogP contribution in [0.3, 0.4) is 0 Å². The van der Waals surface area contributed by atoms with E-state index in [-0.39, 0.29) is 16.6 Å². The lowest BCUT2D eigenvalue weighted by molar-refractivity contribution is -0.116. The van der Waals surface area contributed by atoms with E-state index in [1.807, 2.05) is 0 Å². The van der Waals surface area contributed by atoms with Crippen LogP contribution in [0.4, 0.5) is 11.4 Å². The Morgan fingerprint density at radius 2 is 1.53 bits per heavy atom. The van der Waals surface area contributed by atoms with Crippen molar-refractivity contribution in [3.8, 4) is 17.2 Å². The molecule has 0 radical (unpaired) electrons. The summed E-state index contributed by atoms with van der Waals surface area (Å²) in [6.45, 7) is 2.09. The second-order valence-electron chi connectivity index (χ2n) is 6.91. The Morgan fingerprint density at radius 3 is 2.09 bits per heavy atom. The first-order chi connectivity index (χ1) is 15.4. The van der Waals surface area contributed by atoms with Crippen LogP contribution in [0.1, 0.15) is 43.0 Å². The van der Waals surface area contributed by atoms with Crippen LogP contribution in [-0.4, -0.2) is 38.3 Å². The minimum absolute atomic E-state index is 0.0334. The highest BCUT2D eigenvalue weighted by Gasteiger charge is 2.17. The van der Waals surface area contributed by atoms with Gasteiger partial charge in [0.2, 0.25) is 11.7 Å². The third-order valence-electron chi connectivity index (χ3n) is 4.57. The molecule has 2 rings (SSSR count). The van der Waals surface area contributed by atoms with E-state index in [4.69, 9.17) is 26.4 Å². The SMILES string of the molecule is CCCCCC(=O)Nc1cccc(NC(=S)NC(=O)c2cc(OC)c(OC)c(OC)c2)c1. The van der Waals surface area contributed by atoms with Gasteiger partial charge in [-0.25, -0.2) is 0 Å². The largest absolute Gasteiger partial charge is 0.493 e. The molecule has 0 bridgehead atoms. The first kappa shape index (κ1) is 24.9. The summed E-state index contributed by atoms with van der Waals surface area (Å²) in [7, 11) is 4.43. The van der Waals surface area contributed by atoms with Gasteiger partial charge in [-0.1, -0.05) is 25.8 Å². The Bertz CT molecular complexity index is 939. The smallest absolute Gasteiger partial charge is 0.257 e. The van der Waals surface area contributed by atoms with Gasteiger partial charge in [0.1, 0.15) is 0 Å². The van der Waals surface area contributed by atoms with Gasteiger partial charge in [0.05, 0.1) is 21.3 Å². The summed E-state index contributed by atoms with van der Waals surface area (Å²) in [5.41, 5.74) is 1.57. The second-order valence-corrected chi connectivity index (χ2v) is 7.32. The molecular weight excluding hydrogens is 430 g/mol. The molecule has 0 atom stereocenters. The first-order valence-corrected chi connectivity index (χ1v) is 10.6. The summed E-state index contributed by atoms with van der Waals surface area (Å²) in [5.74, 6) is 0.633. The number of hydrogen-bond acceptors (Lipinski definition) is 6. The van der Waals surface area contributed by atoms with Crippen molar-refractivity contribution < 1.29 is 23.8 Å². The van der Waals surface area contributed by atoms with E-state index >= 15 is 0 Å². The highest BCUT2D eigenvalue weighted by molar-refractivity contribution is 7.80. The molecule has 0 unspecified atom stereocenters. The maximum atomic E-state index is 12.7. The minimum atomic E-state index is -0.442. The second kappa shape index (κ2) is 12.5. The molecule has 9 heteroatoms. The summed E-state index contributed by atoms with van der Waals surface area (Å²) >= 11 is 5.27. The number of anilines is 2. The Labute approximate surface area is 193 Å². The van der Waals surface area contributed by atoms with Crippen LogP contribution >= 0.6 is 12.2 Å². The minimum Gasteiger partial charge on any atom is -0.493 e. The van der Waals surface area contributed by atoms with E-state index < -0.39 is 5.91 Å². The number of thiocarbonyl (C=S) groups is 1. The normalized spacial score (nSPS) is 10.1. The van der Waals surface area contributed by atoms with Crippen molar-refractivity contribution in [2.45, 2.75) is 32.6 Å². The number of amides is 2. The molecule has 0 aliphatic carbocycles. The summed E-state index contributed by atoms with van der Waals surface area (Å²) < 4.78 is 15.8. The van der Waals surface area contributed by atoms with Crippen molar-refractivity contribution in [1.29, 1.82) is 0 Å². The number of hydrogen-bond donors (Lipinski definition) is 3. The van der Waals surface area contributed by atoms with Crippen LogP contribution in [0.25, 0.3) is 0 Å². The molecule has 2 aromatic rings. The van der Waals surface area contributed by atoms with E-state index in [0.29, 0.717) is 35.0 Å². The average Bonchev–Trinajstić information content (AvgIpc) is 2.78. The summed E-state index contributed by atoms with van der Waals surface area (Å²) in [4.78, 5) is 24.7. The van der Waals surface area contributed by atoms with Crippen molar-refractivity contribution in [3.63, 3.8) is 0 Å². The molecule has 172 valence electrons. The molecule has 0 aromatic heterocycles. The number of carbonyl (C=O) groups excluding carboxylic acids is 2. The number of methoxy groups -OCH3 is 3. The predicted octanol–water partition coefficient (Wildman–Crippen LogP) is 4.36. The first-order valence-electron chi connectivity index (χ1n) is 10.2. The zero-order chi connectivity index (χ0) is 23.5. The Balaban J connectivity index is 2.02. The lowest BCUT2D eigenvalue weighted by atomic mass is 10.1. The number of carbonyl (C=O) groups is 2. The molecule has 0 saturated heterocycles. The van der Waals surface area contributed by atoms with E-state index in [2.05, 4.69) is 22.9 Å². The Morgan fingerprint density at radius 1 is 0.906 bits per heavy atom. The molecule has 0 heterocycles. The Kier molecular flexibility index (Phi) is 9.75. The molecular formula is C23H29N3O5S. The van der Waals surface area contributed by atoms with Gasteiger partial charge >= 0.3 is 0 Å². The van der Waals surface area contributed by atoms with Gasteiger partial charge in [0, 0.05) is 23.4 Å². The van der Waals surface area contributed by atoms with Crippen molar-refractivity contribution >= 4 is 40.5 Å². The van der Waals surface area contributed by atoms with E-state index in [9.17, 15) is 9.59 Å². The van der Waals surface area contributed by atoms with Gasteiger partial charge < -0.3 is 24.8 Å². The fourth-order valence-electron chi connectivity index (χ4n) is 2.98. The van der Waals surface area contributed by atoms with Crippen LogP contribution in [0, 0.1) is 0 Å². The number of nitrogens with one attached hydrogen (secondary N) is 3. The third-order valence-corrected chi connectivity index (χ3v) is 4.77. The molecule has 3 N–H and O–H groups in total. The van der Waals surface area contributed by atoms with E-state index in [0.717, 1.165) is 19.3 Å². The lowest BCUT2D eigenvalue weighted by Crippen LogP contribution is -2.34. The van der Waals surface area contributed by atoms with Crippen molar-refractivity contribution in [2.75, 3.05) is 32.0 Å². The highest BCUT2D eigenvalue weighted by Crippen LogP contribution is 2.38. The molecule has 0 saturated carbocycles. The standard InChI is InChI=1S/C23H29N3O5S/c1-5-6-7-11-20(27)24-16-9-8-10-17(14-16)25-23(32)26-22(28)15-12-18(29-2)21(31-4)19(13-15)30-3/h8-10,12-14H,5-7,11H2,1-4H3,(H,24,27)(H2,25,26,28,32). The fourth-order valence-corrected chi connectivity index (χ4v) is 3.19. The summed E-state index contributed by atoms with van der Waals surface area (Å²) in [5, 5.41) is 8.55. The van der Waals surface area contributed by atoms with Crippen LogP contribution in [0.15, 0.2) is 36.4 Å². The van der Waals surface area contributed by atoms with Gasteiger partial charge in [-0.15, -0.1) is 0 Å². The average molecular weight is 460 g/mol. The van der Waals surface area contributed by atoms with E-state index in [1.165, 1.54) is 33.5 Å². The monoisotopic (exact) mass is 459 g/mol. The lowest BCUT2D eigenvalue weighted by Gasteiger charge is -2.15. The number of ether oxygens (including phenoxy) is 3. The topological polar surface area (TPSA) is 97.9 Å². The predicted molar refractivity (Wildman–Crippen MR) is 129 cm³/mol.